The number of aryl methyl sites for hydroxylation is 3. The summed E-state index contributed by atoms with van der Waals surface area (Å²) in [6.07, 6.45) is 0. The van der Waals surface area contributed by atoms with Gasteiger partial charge < -0.3 is 4.74 Å². The molecule has 0 heterocycles. The van der Waals surface area contributed by atoms with Crippen LogP contribution < -0.4 is 10.0 Å². The number of hydrogen-bond donors (Lipinski definition) is 0. The van der Waals surface area contributed by atoms with E-state index in [1.54, 1.807) is 0 Å². The molecule has 0 bridgehead atoms. The molecule has 0 aliphatic heterocycles. The monoisotopic (exact) mass is 348 g/mol. The van der Waals surface area contributed by atoms with Gasteiger partial charge >= 0.3 is 0 Å². The summed E-state index contributed by atoms with van der Waals surface area (Å²) in [4.78, 5) is 12.8. The highest BCUT2D eigenvalue weighted by Crippen LogP contribution is 2.27. The van der Waals surface area contributed by atoms with Crippen molar-refractivity contribution >= 4 is 19.4 Å². The third-order valence-corrected chi connectivity index (χ3v) is 5.44. The lowest BCUT2D eigenvalue weighted by atomic mass is 10.0. The van der Waals surface area contributed by atoms with Crippen molar-refractivity contribution < 1.29 is 9.53 Å². The van der Waals surface area contributed by atoms with Crippen LogP contribution in [0.15, 0.2) is 66.7 Å². The third kappa shape index (κ3) is 4.15. The molecular formula is C22H21O2P. The van der Waals surface area contributed by atoms with E-state index >= 15 is 0 Å². The van der Waals surface area contributed by atoms with E-state index in [-0.39, 0.29) is 14.1 Å². The van der Waals surface area contributed by atoms with Gasteiger partial charge in [0.2, 0.25) is 0 Å². The van der Waals surface area contributed by atoms with E-state index in [4.69, 9.17) is 4.74 Å². The molecule has 3 heteroatoms. The molecule has 126 valence electrons. The van der Waals surface area contributed by atoms with Gasteiger partial charge in [0.25, 0.3) is 0 Å². The van der Waals surface area contributed by atoms with E-state index in [1.807, 2.05) is 87.5 Å². The molecule has 0 saturated carbocycles. The molecule has 2 nitrogen and oxygen atoms in total. The Hall–Kier alpha value is -2.44. The Kier molecular flexibility index (Phi) is 5.31. The van der Waals surface area contributed by atoms with E-state index in [2.05, 4.69) is 0 Å². The second-order valence-electron chi connectivity index (χ2n) is 6.11. The number of ether oxygens (including phenoxy) is 1. The molecule has 25 heavy (non-hydrogen) atoms. The normalized spacial score (nSPS) is 11.0. The highest BCUT2D eigenvalue weighted by molar-refractivity contribution is 7.66. The maximum absolute atomic E-state index is 12.8. The zero-order valence-electron chi connectivity index (χ0n) is 14.7. The van der Waals surface area contributed by atoms with Gasteiger partial charge in [-0.15, -0.1) is 0 Å². The van der Waals surface area contributed by atoms with Gasteiger partial charge in [-0.05, 0) is 75.6 Å². The van der Waals surface area contributed by atoms with Crippen molar-refractivity contribution in [2.24, 2.45) is 0 Å². The zero-order valence-corrected chi connectivity index (χ0v) is 15.7. The van der Waals surface area contributed by atoms with E-state index in [0.717, 1.165) is 39.1 Å². The van der Waals surface area contributed by atoms with E-state index in [1.165, 1.54) is 0 Å². The summed E-state index contributed by atoms with van der Waals surface area (Å²) >= 11 is 0. The summed E-state index contributed by atoms with van der Waals surface area (Å²) in [6, 6.07) is 21.6. The maximum Gasteiger partial charge on any atom is 0.186 e. The summed E-state index contributed by atoms with van der Waals surface area (Å²) < 4.78 is 5.86. The van der Waals surface area contributed by atoms with Crippen LogP contribution in [-0.2, 0) is 0 Å². The third-order valence-electron chi connectivity index (χ3n) is 4.13. The summed E-state index contributed by atoms with van der Waals surface area (Å²) in [5.41, 5.74) is 4.20. The Morgan fingerprint density at radius 3 is 2.08 bits per heavy atom. The molecular weight excluding hydrogens is 327 g/mol. The molecule has 3 aromatic rings. The van der Waals surface area contributed by atoms with Crippen molar-refractivity contribution in [2.45, 2.75) is 20.8 Å². The number of carbonyl (C=O) groups excluding carboxylic acids is 1. The van der Waals surface area contributed by atoms with Crippen molar-refractivity contribution in [1.29, 1.82) is 0 Å². The fourth-order valence-electron chi connectivity index (χ4n) is 2.82. The second-order valence-corrected chi connectivity index (χ2v) is 7.36. The number of rotatable bonds is 5. The first-order valence-corrected chi connectivity index (χ1v) is 9.26. The Balaban J connectivity index is 1.78. The molecule has 0 N–H and O–H groups in total. The summed E-state index contributed by atoms with van der Waals surface area (Å²) in [5.74, 6) is 1.60. The highest BCUT2D eigenvalue weighted by Gasteiger charge is 2.14. The molecule has 0 saturated heterocycles. The second kappa shape index (κ2) is 7.63. The molecule has 3 rings (SSSR count). The van der Waals surface area contributed by atoms with Crippen molar-refractivity contribution in [3.8, 4) is 11.5 Å². The number of benzene rings is 3. The van der Waals surface area contributed by atoms with Crippen LogP contribution in [0.5, 0.6) is 11.5 Å². The van der Waals surface area contributed by atoms with E-state index in [9.17, 15) is 4.79 Å². The Labute approximate surface area is 150 Å². The molecule has 1 atom stereocenters. The number of carbonyl (C=O) groups is 1. The molecule has 0 aliphatic rings. The summed E-state index contributed by atoms with van der Waals surface area (Å²) in [5, 5.41) is 1.06. The standard InChI is InChI=1S/C22H21O2P/c1-15-8-7-9-16(2)21(15)22(23)25-20-13-12-19(14-17(20)3)24-18-10-5-4-6-11-18/h4-14,25H,1-3H3. The molecule has 0 spiro atoms. The minimum atomic E-state index is 0.117. The van der Waals surface area contributed by atoms with Crippen molar-refractivity contribution in [1.82, 2.24) is 0 Å². The predicted molar refractivity (Wildman–Crippen MR) is 106 cm³/mol. The van der Waals surface area contributed by atoms with Crippen molar-refractivity contribution in [3.63, 3.8) is 0 Å². The minimum Gasteiger partial charge on any atom is -0.457 e. The minimum absolute atomic E-state index is 0.117. The largest absolute Gasteiger partial charge is 0.457 e. The SMILES string of the molecule is Cc1cc(Oc2ccccc2)ccc1PC(=O)c1c(C)cccc1C. The number of para-hydroxylation sites is 1. The lowest BCUT2D eigenvalue weighted by molar-refractivity contribution is 0.108. The average molecular weight is 348 g/mol. The van der Waals surface area contributed by atoms with Crippen LogP contribution in [-0.4, -0.2) is 5.52 Å². The van der Waals surface area contributed by atoms with Crippen LogP contribution in [0.25, 0.3) is 0 Å². The Bertz CT molecular complexity index is 881. The zero-order chi connectivity index (χ0) is 17.8. The van der Waals surface area contributed by atoms with Gasteiger partial charge in [-0.1, -0.05) is 42.5 Å². The molecule has 0 fully saturated rings. The fraction of sp³-hybridized carbons (Fsp3) is 0.136. The molecule has 0 radical (unpaired) electrons. The maximum atomic E-state index is 12.8. The lowest BCUT2D eigenvalue weighted by Gasteiger charge is -2.12. The van der Waals surface area contributed by atoms with Gasteiger partial charge in [0.15, 0.2) is 5.52 Å². The first-order chi connectivity index (χ1) is 12.0. The van der Waals surface area contributed by atoms with Crippen LogP contribution in [0, 0.1) is 20.8 Å². The summed E-state index contributed by atoms with van der Waals surface area (Å²) in [6.45, 7) is 6.01. The molecule has 0 aliphatic carbocycles. The van der Waals surface area contributed by atoms with Gasteiger partial charge in [-0.3, -0.25) is 4.79 Å². The quantitative estimate of drug-likeness (QED) is 0.565. The highest BCUT2D eigenvalue weighted by atomic mass is 31.1. The summed E-state index contributed by atoms with van der Waals surface area (Å²) in [7, 11) is 0.117. The Morgan fingerprint density at radius 2 is 1.44 bits per heavy atom. The smallest absolute Gasteiger partial charge is 0.186 e. The van der Waals surface area contributed by atoms with Gasteiger partial charge in [-0.25, -0.2) is 0 Å². The molecule has 0 aromatic heterocycles. The first-order valence-electron chi connectivity index (χ1n) is 8.26. The average Bonchev–Trinajstić information content (AvgIpc) is 2.58. The van der Waals surface area contributed by atoms with Crippen molar-refractivity contribution in [2.75, 3.05) is 0 Å². The molecule has 1 unspecified atom stereocenters. The van der Waals surface area contributed by atoms with Gasteiger partial charge in [0.1, 0.15) is 11.5 Å². The fourth-order valence-corrected chi connectivity index (χ4v) is 4.02. The predicted octanol–water partition coefficient (Wildman–Crippen LogP) is 5.55. The van der Waals surface area contributed by atoms with Crippen LogP contribution in [0.4, 0.5) is 0 Å². The Morgan fingerprint density at radius 1 is 0.760 bits per heavy atom. The van der Waals surface area contributed by atoms with E-state index < -0.39 is 0 Å². The van der Waals surface area contributed by atoms with Crippen molar-refractivity contribution in [3.05, 3.63) is 89.0 Å². The van der Waals surface area contributed by atoms with E-state index in [0.29, 0.717) is 0 Å². The van der Waals surface area contributed by atoms with Crippen LogP contribution in [0.3, 0.4) is 0 Å². The van der Waals surface area contributed by atoms with Gasteiger partial charge in [0.05, 0.1) is 0 Å². The van der Waals surface area contributed by atoms with Crippen LogP contribution in [0.2, 0.25) is 0 Å². The van der Waals surface area contributed by atoms with Crippen LogP contribution in [0.1, 0.15) is 27.0 Å². The van der Waals surface area contributed by atoms with Crippen LogP contribution >= 0.6 is 8.58 Å². The lowest BCUT2D eigenvalue weighted by Crippen LogP contribution is -2.07. The van der Waals surface area contributed by atoms with Gasteiger partial charge in [0, 0.05) is 5.56 Å². The first kappa shape index (κ1) is 17.4. The number of hydrogen-bond acceptors (Lipinski definition) is 2. The molecule has 0 amide bonds. The van der Waals surface area contributed by atoms with Gasteiger partial charge in [-0.2, -0.15) is 0 Å². The molecule has 3 aromatic carbocycles. The topological polar surface area (TPSA) is 26.3 Å².